The van der Waals surface area contributed by atoms with Gasteiger partial charge in [0.15, 0.2) is 0 Å². The lowest BCUT2D eigenvalue weighted by Crippen LogP contribution is -2.49. The molecule has 1 aromatic heterocycles. The molecule has 9 heteroatoms. The minimum absolute atomic E-state index is 0.0624. The number of benzene rings is 1. The molecule has 0 bridgehead atoms. The molecule has 2 aromatic rings. The van der Waals surface area contributed by atoms with Crippen LogP contribution < -0.4 is 9.64 Å². The van der Waals surface area contributed by atoms with E-state index in [2.05, 4.69) is 9.97 Å². The Labute approximate surface area is 154 Å². The summed E-state index contributed by atoms with van der Waals surface area (Å²) in [6.07, 6.45) is -4.52. The van der Waals surface area contributed by atoms with Crippen molar-refractivity contribution in [1.82, 2.24) is 14.9 Å². The molecule has 6 nitrogen and oxygen atoms in total. The summed E-state index contributed by atoms with van der Waals surface area (Å²) in [6, 6.07) is 7.89. The number of anilines is 1. The van der Waals surface area contributed by atoms with Crippen LogP contribution >= 0.6 is 0 Å². The maximum atomic E-state index is 13.0. The van der Waals surface area contributed by atoms with Crippen molar-refractivity contribution in [2.45, 2.75) is 13.1 Å². The van der Waals surface area contributed by atoms with Crippen molar-refractivity contribution >= 4 is 11.7 Å². The van der Waals surface area contributed by atoms with Crippen LogP contribution in [0.15, 0.2) is 30.3 Å². The highest BCUT2D eigenvalue weighted by molar-refractivity contribution is 5.97. The van der Waals surface area contributed by atoms with Crippen LogP contribution in [-0.4, -0.2) is 54.1 Å². The maximum Gasteiger partial charge on any atom is 0.433 e. The van der Waals surface area contributed by atoms with Gasteiger partial charge in [0, 0.05) is 32.2 Å². The van der Waals surface area contributed by atoms with E-state index in [1.165, 1.54) is 14.0 Å². The van der Waals surface area contributed by atoms with Crippen molar-refractivity contribution in [3.63, 3.8) is 0 Å². The van der Waals surface area contributed by atoms with Gasteiger partial charge in [-0.05, 0) is 19.1 Å². The topological polar surface area (TPSA) is 58.6 Å². The Morgan fingerprint density at radius 1 is 1.11 bits per heavy atom. The molecule has 1 fully saturated rings. The molecular weight excluding hydrogens is 361 g/mol. The van der Waals surface area contributed by atoms with Crippen molar-refractivity contribution < 1.29 is 22.7 Å². The molecule has 0 spiro atoms. The molecule has 3 rings (SSSR count). The zero-order valence-corrected chi connectivity index (χ0v) is 15.0. The standard InChI is InChI=1S/C18H19F3N4O2/c1-12-22-15(18(19,20)21)11-16(23-12)24-7-9-25(10-8-24)17(26)13-5-3-4-6-14(13)27-2/h3-6,11H,7-10H2,1-2H3. The summed E-state index contributed by atoms with van der Waals surface area (Å²) in [4.78, 5) is 23.7. The van der Waals surface area contributed by atoms with Crippen LogP contribution in [0.5, 0.6) is 5.75 Å². The summed E-state index contributed by atoms with van der Waals surface area (Å²) < 4.78 is 44.1. The summed E-state index contributed by atoms with van der Waals surface area (Å²) in [5, 5.41) is 0. The van der Waals surface area contributed by atoms with E-state index >= 15 is 0 Å². The van der Waals surface area contributed by atoms with Crippen LogP contribution in [0.3, 0.4) is 0 Å². The summed E-state index contributed by atoms with van der Waals surface area (Å²) in [5.74, 6) is 0.611. The molecular formula is C18H19F3N4O2. The first-order valence-electron chi connectivity index (χ1n) is 8.39. The zero-order chi connectivity index (χ0) is 19.6. The molecule has 1 saturated heterocycles. The predicted octanol–water partition coefficient (Wildman–Crippen LogP) is 2.77. The fourth-order valence-electron chi connectivity index (χ4n) is 2.99. The molecule has 1 aliphatic rings. The Morgan fingerprint density at radius 2 is 1.78 bits per heavy atom. The fourth-order valence-corrected chi connectivity index (χ4v) is 2.99. The second-order valence-corrected chi connectivity index (χ2v) is 6.14. The monoisotopic (exact) mass is 380 g/mol. The van der Waals surface area contributed by atoms with Crippen molar-refractivity contribution in [3.05, 3.63) is 47.4 Å². The Balaban J connectivity index is 1.72. The van der Waals surface area contributed by atoms with Crippen LogP contribution in [0.25, 0.3) is 0 Å². The molecule has 1 aliphatic heterocycles. The van der Waals surface area contributed by atoms with Crippen molar-refractivity contribution in [2.24, 2.45) is 0 Å². The van der Waals surface area contributed by atoms with E-state index in [1.807, 2.05) is 0 Å². The number of amides is 1. The van der Waals surface area contributed by atoms with Crippen LogP contribution in [0, 0.1) is 6.92 Å². The largest absolute Gasteiger partial charge is 0.496 e. The van der Waals surface area contributed by atoms with Gasteiger partial charge >= 0.3 is 6.18 Å². The van der Waals surface area contributed by atoms with Crippen molar-refractivity contribution in [2.75, 3.05) is 38.2 Å². The number of rotatable bonds is 3. The molecule has 2 heterocycles. The number of aromatic nitrogens is 2. The van der Waals surface area contributed by atoms with E-state index in [0.717, 1.165) is 6.07 Å². The van der Waals surface area contributed by atoms with Crippen molar-refractivity contribution in [1.29, 1.82) is 0 Å². The van der Waals surface area contributed by atoms with E-state index in [-0.39, 0.29) is 17.5 Å². The number of hydrogen-bond acceptors (Lipinski definition) is 5. The fraction of sp³-hybridized carbons (Fsp3) is 0.389. The second kappa shape index (κ2) is 7.42. The van der Waals surface area contributed by atoms with Crippen LogP contribution in [0.1, 0.15) is 21.9 Å². The molecule has 0 saturated carbocycles. The van der Waals surface area contributed by atoms with Gasteiger partial charge in [0.25, 0.3) is 5.91 Å². The van der Waals surface area contributed by atoms with Crippen LogP contribution in [0.4, 0.5) is 19.0 Å². The lowest BCUT2D eigenvalue weighted by atomic mass is 10.1. The summed E-state index contributed by atoms with van der Waals surface area (Å²) >= 11 is 0. The van der Waals surface area contributed by atoms with Gasteiger partial charge in [-0.15, -0.1) is 0 Å². The minimum atomic E-state index is -4.52. The van der Waals surface area contributed by atoms with Gasteiger partial charge in [-0.2, -0.15) is 13.2 Å². The SMILES string of the molecule is COc1ccccc1C(=O)N1CCN(c2cc(C(F)(F)F)nc(C)n2)CC1. The Morgan fingerprint density at radius 3 is 2.41 bits per heavy atom. The van der Waals surface area contributed by atoms with Gasteiger partial charge in [-0.3, -0.25) is 4.79 Å². The molecule has 0 atom stereocenters. The third kappa shape index (κ3) is 4.12. The number of carbonyl (C=O) groups is 1. The highest BCUT2D eigenvalue weighted by atomic mass is 19.4. The first kappa shape index (κ1) is 18.9. The van der Waals surface area contributed by atoms with E-state index in [1.54, 1.807) is 34.1 Å². The number of methoxy groups -OCH3 is 1. The Kier molecular flexibility index (Phi) is 5.20. The predicted molar refractivity (Wildman–Crippen MR) is 92.9 cm³/mol. The summed E-state index contributed by atoms with van der Waals surface area (Å²) in [6.45, 7) is 2.95. The first-order valence-corrected chi connectivity index (χ1v) is 8.39. The second-order valence-electron chi connectivity index (χ2n) is 6.14. The number of hydrogen-bond donors (Lipinski definition) is 0. The molecule has 0 N–H and O–H groups in total. The third-order valence-corrected chi connectivity index (χ3v) is 4.34. The Hall–Kier alpha value is -2.84. The number of carbonyl (C=O) groups excluding carboxylic acids is 1. The maximum absolute atomic E-state index is 13.0. The third-order valence-electron chi connectivity index (χ3n) is 4.34. The first-order chi connectivity index (χ1) is 12.8. The van der Waals surface area contributed by atoms with Gasteiger partial charge < -0.3 is 14.5 Å². The molecule has 1 aromatic carbocycles. The van der Waals surface area contributed by atoms with Crippen molar-refractivity contribution in [3.8, 4) is 5.75 Å². The average molecular weight is 380 g/mol. The quantitative estimate of drug-likeness (QED) is 0.820. The van der Waals surface area contributed by atoms with Gasteiger partial charge in [-0.25, -0.2) is 9.97 Å². The number of halogens is 3. The normalized spacial score (nSPS) is 15.0. The molecule has 0 aliphatic carbocycles. The highest BCUT2D eigenvalue weighted by Crippen LogP contribution is 2.30. The number of alkyl halides is 3. The number of para-hydroxylation sites is 1. The molecule has 0 radical (unpaired) electrons. The van der Waals surface area contributed by atoms with Crippen LogP contribution in [0.2, 0.25) is 0 Å². The molecule has 27 heavy (non-hydrogen) atoms. The number of aryl methyl sites for hydroxylation is 1. The lowest BCUT2D eigenvalue weighted by molar-refractivity contribution is -0.141. The zero-order valence-electron chi connectivity index (χ0n) is 15.0. The Bertz CT molecular complexity index is 834. The van der Waals surface area contributed by atoms with Gasteiger partial charge in [0.1, 0.15) is 23.1 Å². The van der Waals surface area contributed by atoms with E-state index in [9.17, 15) is 18.0 Å². The van der Waals surface area contributed by atoms with Crippen LogP contribution in [-0.2, 0) is 6.18 Å². The number of piperazine rings is 1. The number of ether oxygens (including phenoxy) is 1. The summed E-state index contributed by atoms with van der Waals surface area (Å²) in [7, 11) is 1.50. The minimum Gasteiger partial charge on any atom is -0.496 e. The highest BCUT2D eigenvalue weighted by Gasteiger charge is 2.34. The summed E-state index contributed by atoms with van der Waals surface area (Å²) in [5.41, 5.74) is -0.497. The lowest BCUT2D eigenvalue weighted by Gasteiger charge is -2.35. The van der Waals surface area contributed by atoms with Gasteiger partial charge in [0.05, 0.1) is 12.7 Å². The van der Waals surface area contributed by atoms with Gasteiger partial charge in [0.2, 0.25) is 0 Å². The van der Waals surface area contributed by atoms with E-state index in [0.29, 0.717) is 37.5 Å². The van der Waals surface area contributed by atoms with E-state index < -0.39 is 11.9 Å². The molecule has 0 unspecified atom stereocenters. The molecule has 1 amide bonds. The number of nitrogens with zero attached hydrogens (tertiary/aromatic N) is 4. The smallest absolute Gasteiger partial charge is 0.433 e. The van der Waals surface area contributed by atoms with Gasteiger partial charge in [-0.1, -0.05) is 12.1 Å². The van der Waals surface area contributed by atoms with E-state index in [4.69, 9.17) is 4.74 Å². The average Bonchev–Trinajstić information content (AvgIpc) is 2.66. The molecule has 144 valence electrons.